The highest BCUT2D eigenvalue weighted by atomic mass is 15.2. The van der Waals surface area contributed by atoms with E-state index >= 15 is 0 Å². The van der Waals surface area contributed by atoms with Crippen molar-refractivity contribution in [2.24, 2.45) is 0 Å². The molecule has 0 saturated carbocycles. The van der Waals surface area contributed by atoms with Crippen molar-refractivity contribution in [3.63, 3.8) is 0 Å². The third kappa shape index (κ3) is 6.19. The lowest BCUT2D eigenvalue weighted by atomic mass is 9.75. The van der Waals surface area contributed by atoms with Gasteiger partial charge < -0.3 is 10.2 Å². The smallest absolute Gasteiger partial charge is 0.0846 e. The van der Waals surface area contributed by atoms with Gasteiger partial charge in [0.05, 0.1) is 11.5 Å². The summed E-state index contributed by atoms with van der Waals surface area (Å²) in [6, 6.07) is 23.0. The summed E-state index contributed by atoms with van der Waals surface area (Å²) in [5, 5.41) is 14.0. The van der Waals surface area contributed by atoms with Gasteiger partial charge in [-0.2, -0.15) is 5.26 Å². The first-order valence-electron chi connectivity index (χ1n) is 12.2. The van der Waals surface area contributed by atoms with Crippen LogP contribution in [0, 0.1) is 11.3 Å². The summed E-state index contributed by atoms with van der Waals surface area (Å²) >= 11 is 0. The van der Waals surface area contributed by atoms with E-state index in [9.17, 15) is 5.26 Å². The first-order chi connectivity index (χ1) is 15.4. The minimum absolute atomic E-state index is 0.470. The molecule has 0 bridgehead atoms. The van der Waals surface area contributed by atoms with E-state index in [1.165, 1.54) is 11.1 Å². The molecule has 0 amide bonds. The average Bonchev–Trinajstić information content (AvgIpc) is 2.82. The molecule has 172 valence electrons. The molecular weight excluding hydrogens is 392 g/mol. The van der Waals surface area contributed by atoms with Gasteiger partial charge in [-0.05, 0) is 57.2 Å². The Morgan fingerprint density at radius 2 is 1.50 bits per heavy atom. The van der Waals surface area contributed by atoms with Gasteiger partial charge in [-0.1, -0.05) is 54.6 Å². The van der Waals surface area contributed by atoms with Crippen molar-refractivity contribution in [3.05, 3.63) is 60.2 Å². The summed E-state index contributed by atoms with van der Waals surface area (Å²) in [6.07, 6.45) is 1.73. The monoisotopic (exact) mass is 432 g/mol. The normalized spacial score (nSPS) is 16.9. The third-order valence-corrected chi connectivity index (χ3v) is 6.95. The van der Waals surface area contributed by atoms with Crippen LogP contribution in [0.2, 0.25) is 0 Å². The number of nitriles is 1. The molecule has 1 N–H and O–H groups in total. The molecule has 32 heavy (non-hydrogen) atoms. The van der Waals surface area contributed by atoms with Crippen LogP contribution in [0.15, 0.2) is 54.6 Å². The van der Waals surface area contributed by atoms with Crippen LogP contribution in [0.1, 0.15) is 46.1 Å². The van der Waals surface area contributed by atoms with Crippen molar-refractivity contribution in [3.8, 4) is 17.2 Å². The Hall–Kier alpha value is -2.19. The van der Waals surface area contributed by atoms with Gasteiger partial charge in [0.15, 0.2) is 0 Å². The first-order valence-corrected chi connectivity index (χ1v) is 12.2. The quantitative estimate of drug-likeness (QED) is 0.579. The molecule has 1 unspecified atom stereocenters. The van der Waals surface area contributed by atoms with Crippen LogP contribution in [-0.2, 0) is 5.41 Å². The molecule has 4 heteroatoms. The molecule has 1 aliphatic heterocycles. The maximum absolute atomic E-state index is 10.5. The molecule has 1 heterocycles. The van der Waals surface area contributed by atoms with Crippen LogP contribution in [0.4, 0.5) is 0 Å². The zero-order chi connectivity index (χ0) is 23.0. The van der Waals surface area contributed by atoms with Crippen molar-refractivity contribution in [2.45, 2.75) is 58.0 Å². The zero-order valence-corrected chi connectivity index (χ0v) is 20.3. The van der Waals surface area contributed by atoms with Gasteiger partial charge in [0.1, 0.15) is 0 Å². The fourth-order valence-electron chi connectivity index (χ4n) is 4.92. The summed E-state index contributed by atoms with van der Waals surface area (Å²) in [6.45, 7) is 15.1. The number of hydrogen-bond donors (Lipinski definition) is 1. The van der Waals surface area contributed by atoms with Crippen LogP contribution in [0.3, 0.4) is 0 Å². The van der Waals surface area contributed by atoms with E-state index in [1.807, 2.05) is 6.07 Å². The highest BCUT2D eigenvalue weighted by molar-refractivity contribution is 5.63. The van der Waals surface area contributed by atoms with Gasteiger partial charge in [0, 0.05) is 51.4 Å². The van der Waals surface area contributed by atoms with Gasteiger partial charge >= 0.3 is 0 Å². The second kappa shape index (κ2) is 11.6. The second-order valence-corrected chi connectivity index (χ2v) is 9.65. The van der Waals surface area contributed by atoms with Gasteiger partial charge in [-0.25, -0.2) is 0 Å². The Labute approximate surface area is 195 Å². The van der Waals surface area contributed by atoms with E-state index in [0.29, 0.717) is 12.1 Å². The van der Waals surface area contributed by atoms with Crippen molar-refractivity contribution >= 4 is 0 Å². The van der Waals surface area contributed by atoms with E-state index in [0.717, 1.165) is 57.7 Å². The number of nitrogens with zero attached hydrogens (tertiary/aromatic N) is 3. The number of nitrogens with one attached hydrogen (secondary N) is 1. The second-order valence-electron chi connectivity index (χ2n) is 9.65. The Morgan fingerprint density at radius 1 is 0.906 bits per heavy atom. The van der Waals surface area contributed by atoms with E-state index in [-0.39, 0.29) is 0 Å². The lowest BCUT2D eigenvalue weighted by molar-refractivity contribution is 0.156. The lowest BCUT2D eigenvalue weighted by Gasteiger charge is -2.36. The van der Waals surface area contributed by atoms with Crippen molar-refractivity contribution in [1.29, 1.82) is 5.26 Å². The van der Waals surface area contributed by atoms with Crippen molar-refractivity contribution in [1.82, 2.24) is 15.1 Å². The summed E-state index contributed by atoms with van der Waals surface area (Å²) in [5.41, 5.74) is 3.10. The van der Waals surface area contributed by atoms with Crippen molar-refractivity contribution < 1.29 is 0 Å². The van der Waals surface area contributed by atoms with Crippen LogP contribution in [-0.4, -0.2) is 61.2 Å². The minimum Gasteiger partial charge on any atom is -0.314 e. The third-order valence-electron chi connectivity index (χ3n) is 6.95. The molecular formula is C28H40N4. The Morgan fingerprint density at radius 3 is 2.06 bits per heavy atom. The summed E-state index contributed by atoms with van der Waals surface area (Å²) in [4.78, 5) is 5.01. The van der Waals surface area contributed by atoms with Gasteiger partial charge in [0.2, 0.25) is 0 Å². The maximum Gasteiger partial charge on any atom is 0.0846 e. The molecule has 2 aromatic rings. The Bertz CT molecular complexity index is 839. The van der Waals surface area contributed by atoms with Crippen LogP contribution in [0.25, 0.3) is 11.1 Å². The highest BCUT2D eigenvalue weighted by Gasteiger charge is 2.34. The molecule has 1 atom stereocenters. The zero-order valence-electron chi connectivity index (χ0n) is 20.3. The fraction of sp³-hybridized carbons (Fsp3) is 0.536. The molecule has 1 saturated heterocycles. The molecule has 0 aliphatic carbocycles. The van der Waals surface area contributed by atoms with Crippen molar-refractivity contribution in [2.75, 3.05) is 39.3 Å². The van der Waals surface area contributed by atoms with Crippen LogP contribution >= 0.6 is 0 Å². The lowest BCUT2D eigenvalue weighted by Crippen LogP contribution is -2.46. The SMILES string of the molecule is CC(C)N(CCC(C#N)(CCN1CCNCC1)c1ccc(-c2ccccc2)cc1)C(C)C. The van der Waals surface area contributed by atoms with Gasteiger partial charge in [-0.15, -0.1) is 0 Å². The standard InChI is InChI=1S/C28H40N4/c1-23(2)32(24(3)4)19-15-28(22-29,14-18-31-20-16-30-17-21-31)27-12-10-26(11-13-27)25-8-6-5-7-9-25/h5-13,23-24,30H,14-21H2,1-4H3. The predicted octanol–water partition coefficient (Wildman–Crippen LogP) is 4.92. The minimum atomic E-state index is -0.470. The first kappa shape index (κ1) is 24.5. The summed E-state index contributed by atoms with van der Waals surface area (Å²) < 4.78 is 0. The van der Waals surface area contributed by atoms with Crippen LogP contribution in [0.5, 0.6) is 0 Å². The van der Waals surface area contributed by atoms with E-state index in [4.69, 9.17) is 0 Å². The molecule has 1 fully saturated rings. The molecule has 0 spiro atoms. The average molecular weight is 433 g/mol. The Balaban J connectivity index is 1.84. The number of benzene rings is 2. The van der Waals surface area contributed by atoms with E-state index in [1.54, 1.807) is 0 Å². The molecule has 0 aromatic heterocycles. The fourth-order valence-corrected chi connectivity index (χ4v) is 4.92. The van der Waals surface area contributed by atoms with Crippen LogP contribution < -0.4 is 5.32 Å². The number of rotatable bonds is 10. The maximum atomic E-state index is 10.5. The number of piperazine rings is 1. The largest absolute Gasteiger partial charge is 0.314 e. The molecule has 0 radical (unpaired) electrons. The number of hydrogen-bond acceptors (Lipinski definition) is 4. The topological polar surface area (TPSA) is 42.3 Å². The summed E-state index contributed by atoms with van der Waals surface area (Å²) in [7, 11) is 0. The van der Waals surface area contributed by atoms with Gasteiger partial charge in [-0.3, -0.25) is 4.90 Å². The molecule has 3 rings (SSSR count). The van der Waals surface area contributed by atoms with Gasteiger partial charge in [0.25, 0.3) is 0 Å². The van der Waals surface area contributed by atoms with E-state index in [2.05, 4.69) is 97.4 Å². The molecule has 4 nitrogen and oxygen atoms in total. The molecule has 1 aliphatic rings. The highest BCUT2D eigenvalue weighted by Crippen LogP contribution is 2.34. The predicted molar refractivity (Wildman–Crippen MR) is 135 cm³/mol. The Kier molecular flexibility index (Phi) is 8.87. The summed E-state index contributed by atoms with van der Waals surface area (Å²) in [5.74, 6) is 0. The molecule has 2 aromatic carbocycles. The van der Waals surface area contributed by atoms with E-state index < -0.39 is 5.41 Å².